The van der Waals surface area contributed by atoms with E-state index in [2.05, 4.69) is 32.9 Å². The summed E-state index contributed by atoms with van der Waals surface area (Å²) in [6, 6.07) is 10.9. The average Bonchev–Trinajstić information content (AvgIpc) is 3.51. The molecule has 33 heavy (non-hydrogen) atoms. The maximum Gasteiger partial charge on any atom is 0.303 e. The van der Waals surface area contributed by atoms with Crippen molar-refractivity contribution in [1.82, 2.24) is 0 Å². The number of carboxylic acids is 1. The van der Waals surface area contributed by atoms with Gasteiger partial charge in [-0.3, -0.25) is 4.79 Å². The first kappa shape index (κ1) is 26.5. The summed E-state index contributed by atoms with van der Waals surface area (Å²) in [4.78, 5) is 16.2. The molecule has 0 saturated heterocycles. The lowest BCUT2D eigenvalue weighted by Crippen LogP contribution is -2.15. The van der Waals surface area contributed by atoms with Gasteiger partial charge in [0.2, 0.25) is 0 Å². The van der Waals surface area contributed by atoms with Crippen LogP contribution in [-0.4, -0.2) is 11.1 Å². The summed E-state index contributed by atoms with van der Waals surface area (Å²) in [6.45, 7) is 6.51. The highest BCUT2D eigenvalue weighted by Gasteiger charge is 2.30. The zero-order chi connectivity index (χ0) is 24.0. The number of aliphatic carboxylic acids is 1. The first-order valence-electron chi connectivity index (χ1n) is 10.5. The van der Waals surface area contributed by atoms with Crippen LogP contribution >= 0.6 is 57.5 Å². The molecular weight excluding hydrogens is 519 g/mol. The lowest BCUT2D eigenvalue weighted by molar-refractivity contribution is -0.136. The Labute approximate surface area is 214 Å². The Hall–Kier alpha value is -1.13. The molecule has 0 bridgehead atoms. The second-order valence-corrected chi connectivity index (χ2v) is 13.8. The van der Waals surface area contributed by atoms with Crippen LogP contribution in [0.5, 0.6) is 0 Å². The van der Waals surface area contributed by atoms with Crippen molar-refractivity contribution in [2.45, 2.75) is 55.8 Å². The molecule has 1 N–H and O–H groups in total. The van der Waals surface area contributed by atoms with Crippen LogP contribution in [0.4, 0.5) is 8.78 Å². The molecule has 0 aliphatic heterocycles. The topological polar surface area (TPSA) is 37.3 Å². The van der Waals surface area contributed by atoms with Gasteiger partial charge in [-0.1, -0.05) is 13.0 Å². The van der Waals surface area contributed by atoms with E-state index in [1.165, 1.54) is 27.2 Å². The van der Waals surface area contributed by atoms with Crippen LogP contribution in [0.2, 0.25) is 0 Å². The summed E-state index contributed by atoms with van der Waals surface area (Å²) >= 11 is 7.53. The van der Waals surface area contributed by atoms with E-state index in [0.717, 1.165) is 38.2 Å². The van der Waals surface area contributed by atoms with Gasteiger partial charge in [0.25, 0.3) is 0 Å². The maximum absolute atomic E-state index is 13.6. The van der Waals surface area contributed by atoms with Gasteiger partial charge in [0.05, 0.1) is 0 Å². The van der Waals surface area contributed by atoms with Crippen molar-refractivity contribution in [3.63, 3.8) is 0 Å². The Morgan fingerprint density at radius 3 is 2.45 bits per heavy atom. The zero-order valence-corrected chi connectivity index (χ0v) is 22.7. The molecule has 0 aliphatic rings. The number of rotatable bonds is 12. The number of thioether (sulfide) groups is 2. The third-order valence-corrected chi connectivity index (χ3v) is 11.9. The molecule has 3 aromatic heterocycles. The normalized spacial score (nSPS) is 14.9. The minimum absolute atomic E-state index is 0.0557. The Kier molecular flexibility index (Phi) is 9.64. The van der Waals surface area contributed by atoms with Crippen LogP contribution in [0.3, 0.4) is 0 Å². The highest BCUT2D eigenvalue weighted by atomic mass is 32.2. The number of halogens is 2. The number of carboxylic acid groups (broad SMARTS) is 1. The van der Waals surface area contributed by atoms with Crippen molar-refractivity contribution in [3.05, 3.63) is 72.2 Å². The Morgan fingerprint density at radius 1 is 1.12 bits per heavy atom. The predicted molar refractivity (Wildman–Crippen MR) is 143 cm³/mol. The molecule has 9 heteroatoms. The SMILES string of the molecule is CCC(C)(SC(C)c1ccc(CSC(=CCCC(=O)O)c2ccc(F)s2)s1)c1ccc(F)s1. The van der Waals surface area contributed by atoms with Crippen molar-refractivity contribution < 1.29 is 18.7 Å². The monoisotopic (exact) mass is 544 g/mol. The quantitative estimate of drug-likeness (QED) is 0.246. The summed E-state index contributed by atoms with van der Waals surface area (Å²) < 4.78 is 27.0. The highest BCUT2D eigenvalue weighted by Crippen LogP contribution is 2.50. The van der Waals surface area contributed by atoms with Crippen molar-refractivity contribution in [1.29, 1.82) is 0 Å². The van der Waals surface area contributed by atoms with Crippen LogP contribution < -0.4 is 0 Å². The third-order valence-electron chi connectivity index (χ3n) is 5.16. The van der Waals surface area contributed by atoms with Gasteiger partial charge < -0.3 is 5.11 Å². The molecule has 178 valence electrons. The molecular formula is C24H26F2O2S5. The lowest BCUT2D eigenvalue weighted by Gasteiger charge is -2.29. The molecule has 0 radical (unpaired) electrons. The summed E-state index contributed by atoms with van der Waals surface area (Å²) in [5.41, 5.74) is 0. The molecule has 0 spiro atoms. The van der Waals surface area contributed by atoms with Crippen LogP contribution in [0, 0.1) is 10.3 Å². The highest BCUT2D eigenvalue weighted by molar-refractivity contribution is 8.07. The van der Waals surface area contributed by atoms with Crippen LogP contribution in [-0.2, 0) is 15.3 Å². The number of allylic oxidation sites excluding steroid dienone is 1. The maximum atomic E-state index is 13.6. The van der Waals surface area contributed by atoms with Crippen molar-refractivity contribution in [2.75, 3.05) is 0 Å². The number of thiophene rings is 3. The van der Waals surface area contributed by atoms with Gasteiger partial charge >= 0.3 is 5.97 Å². The van der Waals surface area contributed by atoms with Crippen molar-refractivity contribution in [3.8, 4) is 0 Å². The third kappa shape index (κ3) is 7.42. The van der Waals surface area contributed by atoms with Crippen LogP contribution in [0.25, 0.3) is 4.91 Å². The molecule has 2 unspecified atom stereocenters. The zero-order valence-electron chi connectivity index (χ0n) is 18.6. The van der Waals surface area contributed by atoms with E-state index in [4.69, 9.17) is 5.11 Å². The smallest absolute Gasteiger partial charge is 0.303 e. The molecule has 3 heterocycles. The van der Waals surface area contributed by atoms with Crippen LogP contribution in [0.1, 0.15) is 64.8 Å². The molecule has 3 aromatic rings. The Morgan fingerprint density at radius 2 is 1.85 bits per heavy atom. The molecule has 0 amide bonds. The van der Waals surface area contributed by atoms with Crippen LogP contribution in [0.15, 0.2) is 42.5 Å². The minimum atomic E-state index is -0.841. The van der Waals surface area contributed by atoms with E-state index in [0.29, 0.717) is 6.42 Å². The molecule has 3 rings (SSSR count). The van der Waals surface area contributed by atoms with E-state index in [-0.39, 0.29) is 26.7 Å². The number of carbonyl (C=O) groups is 1. The summed E-state index contributed by atoms with van der Waals surface area (Å²) in [5, 5.41) is 8.80. The van der Waals surface area contributed by atoms with E-state index >= 15 is 0 Å². The minimum Gasteiger partial charge on any atom is -0.481 e. The van der Waals surface area contributed by atoms with Gasteiger partial charge in [0.15, 0.2) is 10.3 Å². The van der Waals surface area contributed by atoms with Gasteiger partial charge in [-0.05, 0) is 63.1 Å². The van der Waals surface area contributed by atoms with E-state index in [1.807, 2.05) is 23.9 Å². The number of hydrogen-bond donors (Lipinski definition) is 1. The van der Waals surface area contributed by atoms with Crippen molar-refractivity contribution in [2.24, 2.45) is 0 Å². The van der Waals surface area contributed by atoms with Gasteiger partial charge in [0, 0.05) is 46.6 Å². The second kappa shape index (κ2) is 12.0. The average molecular weight is 545 g/mol. The predicted octanol–water partition coefficient (Wildman–Crippen LogP) is 9.41. The summed E-state index contributed by atoms with van der Waals surface area (Å²) in [7, 11) is 0. The first-order valence-corrected chi connectivity index (χ1v) is 14.8. The molecule has 0 aromatic carbocycles. The van der Waals surface area contributed by atoms with Crippen molar-refractivity contribution >= 4 is 68.4 Å². The van der Waals surface area contributed by atoms with Gasteiger partial charge in [-0.2, -0.15) is 8.78 Å². The lowest BCUT2D eigenvalue weighted by atomic mass is 10.1. The first-order chi connectivity index (χ1) is 15.7. The Bertz CT molecular complexity index is 1100. The van der Waals surface area contributed by atoms with E-state index in [1.54, 1.807) is 35.2 Å². The largest absolute Gasteiger partial charge is 0.481 e. The molecule has 2 nitrogen and oxygen atoms in total. The van der Waals surface area contributed by atoms with Gasteiger partial charge in [-0.25, -0.2) is 0 Å². The second-order valence-electron chi connectivity index (χ2n) is 7.65. The fraction of sp³-hybridized carbons (Fsp3) is 0.375. The summed E-state index contributed by atoms with van der Waals surface area (Å²) in [6.07, 6.45) is 3.28. The molecule has 2 atom stereocenters. The molecule has 0 saturated carbocycles. The number of hydrogen-bond acceptors (Lipinski definition) is 6. The van der Waals surface area contributed by atoms with E-state index < -0.39 is 5.97 Å². The molecule has 0 aliphatic carbocycles. The summed E-state index contributed by atoms with van der Waals surface area (Å²) in [5.74, 6) is -0.103. The Balaban J connectivity index is 1.66. The van der Waals surface area contributed by atoms with E-state index in [9.17, 15) is 13.6 Å². The van der Waals surface area contributed by atoms with Gasteiger partial charge in [0.1, 0.15) is 0 Å². The standard InChI is InChI=1S/C24H26F2O2S5/c1-4-24(3,20-11-13-22(26)32-20)33-15(2)17-9-8-16(30-17)14-29-18(6-5-7-23(27)28)19-10-12-21(25)31-19/h6,8-13,15H,4-5,7,14H2,1-3H3,(H,27,28). The molecule has 0 fully saturated rings. The fourth-order valence-electron chi connectivity index (χ4n) is 3.21. The van der Waals surface area contributed by atoms with Gasteiger partial charge in [-0.15, -0.1) is 57.5 Å². The fourth-order valence-corrected chi connectivity index (χ4v) is 8.89.